The molecular weight excluding hydrogens is 298 g/mol. The van der Waals surface area contributed by atoms with Crippen molar-refractivity contribution in [3.63, 3.8) is 0 Å². The third-order valence-electron chi connectivity index (χ3n) is 5.67. The summed E-state index contributed by atoms with van der Waals surface area (Å²) in [5, 5.41) is 3.48. The van der Waals surface area contributed by atoms with Gasteiger partial charge in [0.15, 0.2) is 0 Å². The van der Waals surface area contributed by atoms with E-state index in [1.54, 1.807) is 0 Å². The predicted molar refractivity (Wildman–Crippen MR) is 92.4 cm³/mol. The van der Waals surface area contributed by atoms with E-state index < -0.39 is 0 Å². The highest BCUT2D eigenvalue weighted by Gasteiger charge is 2.34. The van der Waals surface area contributed by atoms with E-state index in [2.05, 4.69) is 22.0 Å². The minimum absolute atomic E-state index is 0. The molecule has 5 heteroatoms. The number of hydrogen-bond donors (Lipinski definition) is 1. The molecule has 0 spiro atoms. The van der Waals surface area contributed by atoms with E-state index >= 15 is 0 Å². The molecule has 0 radical (unpaired) electrons. The third kappa shape index (κ3) is 4.36. The van der Waals surface area contributed by atoms with Crippen molar-refractivity contribution >= 4 is 18.3 Å². The van der Waals surface area contributed by atoms with Gasteiger partial charge in [0.2, 0.25) is 5.91 Å². The standard InChI is InChI=1S/C17H31N3O.ClH/c1-17(7-8-18-13-17)14-19-11-5-15(6-12-19)16(21)20-9-3-2-4-10-20;/h15,18H,2-14H2,1H3;1H. The van der Waals surface area contributed by atoms with Crippen molar-refractivity contribution in [2.75, 3.05) is 45.8 Å². The number of amides is 1. The molecule has 1 atom stereocenters. The number of carbonyl (C=O) groups is 1. The summed E-state index contributed by atoms with van der Waals surface area (Å²) in [4.78, 5) is 17.3. The molecule has 0 aromatic rings. The summed E-state index contributed by atoms with van der Waals surface area (Å²) in [5.41, 5.74) is 0.448. The Kier molecular flexibility index (Phi) is 6.54. The maximum atomic E-state index is 12.6. The van der Waals surface area contributed by atoms with Gasteiger partial charge in [-0.3, -0.25) is 4.79 Å². The molecule has 0 saturated carbocycles. The fraction of sp³-hybridized carbons (Fsp3) is 0.941. The Bertz CT molecular complexity index is 357. The van der Waals surface area contributed by atoms with E-state index in [-0.39, 0.29) is 12.4 Å². The topological polar surface area (TPSA) is 35.6 Å². The molecule has 0 bridgehead atoms. The maximum absolute atomic E-state index is 12.6. The maximum Gasteiger partial charge on any atom is 0.225 e. The van der Waals surface area contributed by atoms with Crippen LogP contribution in [-0.4, -0.2) is 61.5 Å². The Hall–Kier alpha value is -0.320. The van der Waals surface area contributed by atoms with E-state index in [9.17, 15) is 4.79 Å². The number of likely N-dealkylation sites (tertiary alicyclic amines) is 2. The highest BCUT2D eigenvalue weighted by molar-refractivity contribution is 5.85. The van der Waals surface area contributed by atoms with Crippen LogP contribution in [0.2, 0.25) is 0 Å². The highest BCUT2D eigenvalue weighted by atomic mass is 35.5. The second-order valence-electron chi connectivity index (χ2n) is 7.67. The van der Waals surface area contributed by atoms with E-state index in [1.807, 2.05) is 0 Å². The van der Waals surface area contributed by atoms with Crippen molar-refractivity contribution in [1.29, 1.82) is 0 Å². The first kappa shape index (κ1) is 18.0. The first-order valence-electron chi connectivity index (χ1n) is 8.88. The molecule has 1 N–H and O–H groups in total. The van der Waals surface area contributed by atoms with Gasteiger partial charge < -0.3 is 15.1 Å². The molecule has 0 aromatic carbocycles. The first-order chi connectivity index (χ1) is 10.2. The molecule has 4 nitrogen and oxygen atoms in total. The van der Waals surface area contributed by atoms with Gasteiger partial charge >= 0.3 is 0 Å². The zero-order valence-electron chi connectivity index (χ0n) is 14.0. The zero-order chi connectivity index (χ0) is 14.7. The van der Waals surface area contributed by atoms with Crippen LogP contribution in [0.1, 0.15) is 45.4 Å². The van der Waals surface area contributed by atoms with E-state index in [1.165, 1.54) is 38.8 Å². The average Bonchev–Trinajstić information content (AvgIpc) is 2.94. The number of carbonyl (C=O) groups excluding carboxylic acids is 1. The normalized spacial score (nSPS) is 31.0. The molecular formula is C17H32ClN3O. The summed E-state index contributed by atoms with van der Waals surface area (Å²) in [7, 11) is 0. The van der Waals surface area contributed by atoms with Gasteiger partial charge in [-0.15, -0.1) is 12.4 Å². The molecule has 128 valence electrons. The zero-order valence-corrected chi connectivity index (χ0v) is 14.8. The number of nitrogens with one attached hydrogen (secondary N) is 1. The minimum atomic E-state index is 0. The van der Waals surface area contributed by atoms with Crippen molar-refractivity contribution < 1.29 is 4.79 Å². The molecule has 3 heterocycles. The van der Waals surface area contributed by atoms with Gasteiger partial charge in [0.25, 0.3) is 0 Å². The van der Waals surface area contributed by atoms with Crippen LogP contribution in [0.15, 0.2) is 0 Å². The molecule has 3 rings (SSSR count). The van der Waals surface area contributed by atoms with Crippen LogP contribution < -0.4 is 5.32 Å². The summed E-state index contributed by atoms with van der Waals surface area (Å²) in [6, 6.07) is 0. The number of hydrogen-bond acceptors (Lipinski definition) is 3. The lowest BCUT2D eigenvalue weighted by molar-refractivity contribution is -0.138. The van der Waals surface area contributed by atoms with Crippen molar-refractivity contribution in [1.82, 2.24) is 15.1 Å². The molecule has 3 aliphatic rings. The number of piperidine rings is 2. The fourth-order valence-electron chi connectivity index (χ4n) is 4.25. The van der Waals surface area contributed by atoms with E-state index in [4.69, 9.17) is 0 Å². The lowest BCUT2D eigenvalue weighted by atomic mass is 9.87. The third-order valence-corrected chi connectivity index (χ3v) is 5.67. The van der Waals surface area contributed by atoms with Crippen LogP contribution in [0, 0.1) is 11.3 Å². The molecule has 3 aliphatic heterocycles. The van der Waals surface area contributed by atoms with Crippen molar-refractivity contribution in [2.45, 2.75) is 45.4 Å². The molecule has 22 heavy (non-hydrogen) atoms. The van der Waals surface area contributed by atoms with Gasteiger partial charge in [0, 0.05) is 32.1 Å². The highest BCUT2D eigenvalue weighted by Crippen LogP contribution is 2.29. The smallest absolute Gasteiger partial charge is 0.225 e. The summed E-state index contributed by atoms with van der Waals surface area (Å²) in [5.74, 6) is 0.747. The minimum Gasteiger partial charge on any atom is -0.342 e. The monoisotopic (exact) mass is 329 g/mol. The molecule has 1 unspecified atom stereocenters. The van der Waals surface area contributed by atoms with E-state index in [0.29, 0.717) is 17.2 Å². The average molecular weight is 330 g/mol. The van der Waals surface area contributed by atoms with Crippen LogP contribution in [0.5, 0.6) is 0 Å². The van der Waals surface area contributed by atoms with Gasteiger partial charge in [-0.05, 0) is 63.6 Å². The van der Waals surface area contributed by atoms with Crippen LogP contribution in [-0.2, 0) is 4.79 Å². The Labute approximate surface area is 141 Å². The summed E-state index contributed by atoms with van der Waals surface area (Å²) in [6.45, 7) is 10.1. The second kappa shape index (κ2) is 7.98. The van der Waals surface area contributed by atoms with Crippen LogP contribution >= 0.6 is 12.4 Å². The quantitative estimate of drug-likeness (QED) is 0.861. The molecule has 1 amide bonds. The molecule has 0 aromatic heterocycles. The van der Waals surface area contributed by atoms with Crippen LogP contribution in [0.3, 0.4) is 0 Å². The molecule has 3 saturated heterocycles. The fourth-order valence-corrected chi connectivity index (χ4v) is 4.25. The lowest BCUT2D eigenvalue weighted by Gasteiger charge is -2.38. The Morgan fingerprint density at radius 2 is 1.82 bits per heavy atom. The first-order valence-corrected chi connectivity index (χ1v) is 8.88. The molecule has 3 fully saturated rings. The molecule has 0 aliphatic carbocycles. The van der Waals surface area contributed by atoms with Gasteiger partial charge in [0.1, 0.15) is 0 Å². The largest absolute Gasteiger partial charge is 0.342 e. The summed E-state index contributed by atoms with van der Waals surface area (Å²) >= 11 is 0. The number of nitrogens with zero attached hydrogens (tertiary/aromatic N) is 2. The lowest BCUT2D eigenvalue weighted by Crippen LogP contribution is -2.46. The SMILES string of the molecule is CC1(CN2CCC(C(=O)N3CCCCC3)CC2)CCNC1.Cl. The van der Waals surface area contributed by atoms with Gasteiger partial charge in [-0.2, -0.15) is 0 Å². The number of halogens is 1. The van der Waals surface area contributed by atoms with Gasteiger partial charge in [-0.1, -0.05) is 6.92 Å². The summed E-state index contributed by atoms with van der Waals surface area (Å²) < 4.78 is 0. The summed E-state index contributed by atoms with van der Waals surface area (Å²) in [6.07, 6.45) is 7.14. The van der Waals surface area contributed by atoms with Crippen molar-refractivity contribution in [3.8, 4) is 0 Å². The Morgan fingerprint density at radius 3 is 2.41 bits per heavy atom. The Morgan fingerprint density at radius 1 is 1.14 bits per heavy atom. The van der Waals surface area contributed by atoms with Gasteiger partial charge in [-0.25, -0.2) is 0 Å². The van der Waals surface area contributed by atoms with Crippen molar-refractivity contribution in [3.05, 3.63) is 0 Å². The number of rotatable bonds is 3. The Balaban J connectivity index is 0.00000176. The van der Waals surface area contributed by atoms with Crippen LogP contribution in [0.25, 0.3) is 0 Å². The van der Waals surface area contributed by atoms with Gasteiger partial charge in [0.05, 0.1) is 0 Å². The predicted octanol–water partition coefficient (Wildman–Crippen LogP) is 2.13. The van der Waals surface area contributed by atoms with E-state index in [0.717, 1.165) is 45.6 Å². The van der Waals surface area contributed by atoms with Crippen LogP contribution in [0.4, 0.5) is 0 Å². The second-order valence-corrected chi connectivity index (χ2v) is 7.67. The van der Waals surface area contributed by atoms with Crippen molar-refractivity contribution in [2.24, 2.45) is 11.3 Å².